The first-order valence-corrected chi connectivity index (χ1v) is 27.3. The van der Waals surface area contributed by atoms with Crippen molar-refractivity contribution in [2.24, 2.45) is 11.8 Å². The van der Waals surface area contributed by atoms with Gasteiger partial charge in [0.05, 0.1) is 38.9 Å². The highest BCUT2D eigenvalue weighted by Gasteiger charge is 2.39. The molecule has 2 aliphatic rings. The second kappa shape index (κ2) is 22.8. The van der Waals surface area contributed by atoms with Gasteiger partial charge in [0.15, 0.2) is 43.0 Å². The molecular formula is C50H66N10O10S2. The number of ether oxygens (including phenoxy) is 6. The van der Waals surface area contributed by atoms with Gasteiger partial charge in [-0.2, -0.15) is 0 Å². The summed E-state index contributed by atoms with van der Waals surface area (Å²) in [5, 5.41) is 16.0. The lowest BCUT2D eigenvalue weighted by molar-refractivity contribution is 0.0856. The normalized spacial score (nSPS) is 19.7. The topological polar surface area (TPSA) is 237 Å². The van der Waals surface area contributed by atoms with Crippen LogP contribution in [-0.2, 0) is 40.7 Å². The van der Waals surface area contributed by atoms with E-state index in [-0.39, 0.29) is 47.2 Å². The predicted molar refractivity (Wildman–Crippen MR) is 268 cm³/mol. The number of hydrogen-bond acceptors (Lipinski definition) is 18. The predicted octanol–water partition coefficient (Wildman–Crippen LogP) is 7.17. The molecule has 2 saturated heterocycles. The number of aromatic nitrogens is 10. The van der Waals surface area contributed by atoms with E-state index < -0.39 is 42.0 Å². The highest BCUT2D eigenvalue weighted by Crippen LogP contribution is 2.42. The third-order valence-corrected chi connectivity index (χ3v) is 18.1. The van der Waals surface area contributed by atoms with Crippen LogP contribution in [0.3, 0.4) is 0 Å². The van der Waals surface area contributed by atoms with E-state index in [4.69, 9.17) is 28.4 Å². The van der Waals surface area contributed by atoms with Crippen molar-refractivity contribution in [2.75, 3.05) is 41.7 Å². The number of rotatable bonds is 18. The Hall–Kier alpha value is -6.10. The highest BCUT2D eigenvalue weighted by atomic mass is 32.2. The van der Waals surface area contributed by atoms with Gasteiger partial charge in [0.1, 0.15) is 69.7 Å². The van der Waals surface area contributed by atoms with Gasteiger partial charge in [-0.25, -0.2) is 36.8 Å². The van der Waals surface area contributed by atoms with E-state index in [1.807, 2.05) is 39.8 Å². The number of sulfone groups is 2. The van der Waals surface area contributed by atoms with E-state index in [2.05, 4.69) is 54.2 Å². The van der Waals surface area contributed by atoms with Crippen molar-refractivity contribution in [2.45, 2.75) is 114 Å². The van der Waals surface area contributed by atoms with E-state index in [1.165, 1.54) is 0 Å². The summed E-state index contributed by atoms with van der Waals surface area (Å²) in [6.45, 7) is 16.1. The summed E-state index contributed by atoms with van der Waals surface area (Å²) in [6, 6.07) is 10.8. The molecule has 20 nitrogen and oxygen atoms in total. The molecule has 2 aliphatic heterocycles. The Morgan fingerprint density at radius 3 is 1.15 bits per heavy atom. The summed E-state index contributed by atoms with van der Waals surface area (Å²) in [4.78, 5) is 17.3. The molecule has 72 heavy (non-hydrogen) atoms. The first kappa shape index (κ1) is 53.7. The SMILES string of the molecule is COc1cccc(OC)c1-n1c(CS(=O)(=O)[C@@H](C)[C@H](C)c2ncc(C)cn2)nnc1[C@@H]1OCC[C@@H]1C.COc1cccc(OC)c1-n1c(CS(=O)(=O)[C@@H](C)[C@H](C)c2ncc(C)cn2)nnc1[C@H]1OCC[C@H]1C. The maximum absolute atomic E-state index is 13.6. The molecule has 0 aliphatic carbocycles. The Bertz CT molecular complexity index is 2780. The molecule has 0 saturated carbocycles. The zero-order valence-corrected chi connectivity index (χ0v) is 44.6. The van der Waals surface area contributed by atoms with Crippen LogP contribution >= 0.6 is 0 Å². The number of nitrogens with zero attached hydrogens (tertiary/aromatic N) is 10. The highest BCUT2D eigenvalue weighted by molar-refractivity contribution is 7.91. The fourth-order valence-electron chi connectivity index (χ4n) is 8.80. The van der Waals surface area contributed by atoms with Crippen LogP contribution in [0.5, 0.6) is 23.0 Å². The number of hydrogen-bond donors (Lipinski definition) is 0. The second-order valence-electron chi connectivity index (χ2n) is 18.6. The van der Waals surface area contributed by atoms with Crippen molar-refractivity contribution >= 4 is 19.7 Å². The van der Waals surface area contributed by atoms with Gasteiger partial charge >= 0.3 is 0 Å². The maximum atomic E-state index is 13.6. The first-order chi connectivity index (χ1) is 34.3. The van der Waals surface area contributed by atoms with Crippen LogP contribution < -0.4 is 18.9 Å². The van der Waals surface area contributed by atoms with Crippen molar-refractivity contribution in [1.82, 2.24) is 49.5 Å². The molecule has 6 aromatic rings. The minimum atomic E-state index is -3.69. The van der Waals surface area contributed by atoms with Crippen LogP contribution in [-0.4, -0.2) is 118 Å². The first-order valence-electron chi connectivity index (χ1n) is 23.9. The smallest absolute Gasteiger partial charge is 0.167 e. The number of benzene rings is 2. The van der Waals surface area contributed by atoms with Gasteiger partial charge in [-0.05, 0) is 87.8 Å². The summed E-state index contributed by atoms with van der Waals surface area (Å²) >= 11 is 0. The Labute approximate surface area is 422 Å². The van der Waals surface area contributed by atoms with Gasteiger partial charge in [-0.1, -0.05) is 39.8 Å². The van der Waals surface area contributed by atoms with Gasteiger partial charge in [0.2, 0.25) is 0 Å². The molecule has 8 rings (SSSR count). The van der Waals surface area contributed by atoms with Crippen LogP contribution in [0.4, 0.5) is 0 Å². The van der Waals surface area contributed by atoms with Gasteiger partial charge in [-0.15, -0.1) is 20.4 Å². The molecule has 0 bridgehead atoms. The zero-order valence-electron chi connectivity index (χ0n) is 43.0. The molecule has 2 fully saturated rings. The van der Waals surface area contributed by atoms with Crippen molar-refractivity contribution in [3.63, 3.8) is 0 Å². The van der Waals surface area contributed by atoms with Gasteiger partial charge in [0, 0.05) is 49.8 Å². The average molecular weight is 1030 g/mol. The minimum Gasteiger partial charge on any atom is -0.494 e. The molecule has 4 aromatic heterocycles. The van der Waals surface area contributed by atoms with Gasteiger partial charge in [-0.3, -0.25) is 9.13 Å². The summed E-state index contributed by atoms with van der Waals surface area (Å²) in [5.74, 6) is 3.47. The van der Waals surface area contributed by atoms with Crippen LogP contribution in [0.2, 0.25) is 0 Å². The molecule has 6 heterocycles. The van der Waals surface area contributed by atoms with Crippen molar-refractivity contribution < 1.29 is 45.3 Å². The third-order valence-electron chi connectivity index (χ3n) is 13.7. The quantitative estimate of drug-likeness (QED) is 0.0829. The molecule has 0 N–H and O–H groups in total. The number of para-hydroxylation sites is 2. The maximum Gasteiger partial charge on any atom is 0.167 e. The Morgan fingerprint density at radius 2 is 0.875 bits per heavy atom. The number of methoxy groups -OCH3 is 4. The van der Waals surface area contributed by atoms with E-state index >= 15 is 0 Å². The van der Waals surface area contributed by atoms with Gasteiger partial charge < -0.3 is 28.4 Å². The fraction of sp³-hybridized carbons (Fsp3) is 0.520. The lowest BCUT2D eigenvalue weighted by Gasteiger charge is -2.22. The van der Waals surface area contributed by atoms with Crippen molar-refractivity contribution in [3.05, 3.63) is 107 Å². The standard InChI is InChI=1S/2C25H33N5O5S/c2*1-15-12-26-24(27-13-15)17(3)18(4)36(31,32)14-21-28-29-25(23-16(2)10-11-35-23)30(21)22-19(33-5)8-7-9-20(22)34-6/h2*7-9,12-13,16-18,23H,10-11,14H2,1-6H3/t16-,17+,18+,23+;16-,17-,18-,23+/m10/s1. The monoisotopic (exact) mass is 1030 g/mol. The van der Waals surface area contributed by atoms with E-state index in [9.17, 15) is 16.8 Å². The molecular weight excluding hydrogens is 965 g/mol. The summed E-state index contributed by atoms with van der Waals surface area (Å²) in [6.07, 6.45) is 7.85. The fourth-order valence-corrected chi connectivity index (χ4v) is 11.9. The van der Waals surface area contributed by atoms with Crippen molar-refractivity contribution in [1.29, 1.82) is 0 Å². The molecule has 0 radical (unpaired) electrons. The second-order valence-corrected chi connectivity index (χ2v) is 23.3. The zero-order chi connectivity index (χ0) is 52.1. The van der Waals surface area contributed by atoms with Crippen LogP contribution in [0.1, 0.15) is 125 Å². The largest absolute Gasteiger partial charge is 0.494 e. The lowest BCUT2D eigenvalue weighted by Crippen LogP contribution is -2.28. The molecule has 22 heteroatoms. The minimum absolute atomic E-state index is 0.191. The summed E-state index contributed by atoms with van der Waals surface area (Å²) < 4.78 is 92.5. The Balaban J connectivity index is 0.000000211. The summed E-state index contributed by atoms with van der Waals surface area (Å²) in [5.41, 5.74) is 2.91. The van der Waals surface area contributed by atoms with E-state index in [0.29, 0.717) is 70.9 Å². The van der Waals surface area contributed by atoms with Crippen molar-refractivity contribution in [3.8, 4) is 34.4 Å². The molecule has 2 aromatic carbocycles. The van der Waals surface area contributed by atoms with E-state index in [0.717, 1.165) is 24.0 Å². The van der Waals surface area contributed by atoms with Crippen LogP contribution in [0.25, 0.3) is 11.4 Å². The molecule has 8 atom stereocenters. The average Bonchev–Trinajstić information content (AvgIpc) is 4.19. The molecule has 0 amide bonds. The van der Waals surface area contributed by atoms with Crippen LogP contribution in [0.15, 0.2) is 61.2 Å². The molecule has 0 unspecified atom stereocenters. The Morgan fingerprint density at radius 1 is 0.556 bits per heavy atom. The van der Waals surface area contributed by atoms with Gasteiger partial charge in [0.25, 0.3) is 0 Å². The molecule has 0 spiro atoms. The molecule has 388 valence electrons. The van der Waals surface area contributed by atoms with Crippen LogP contribution in [0, 0.1) is 25.7 Å². The summed E-state index contributed by atoms with van der Waals surface area (Å²) in [7, 11) is -1.16. The van der Waals surface area contributed by atoms with E-state index in [1.54, 1.807) is 100 Å². The third kappa shape index (κ3) is 11.3. The lowest BCUT2D eigenvalue weighted by atomic mass is 10.0. The number of aryl methyl sites for hydroxylation is 2. The Kier molecular flexibility index (Phi) is 17.0.